The summed E-state index contributed by atoms with van der Waals surface area (Å²) in [6.45, 7) is 4.80. The molecule has 0 bridgehead atoms. The summed E-state index contributed by atoms with van der Waals surface area (Å²) in [6.07, 6.45) is 7.30. The Bertz CT molecular complexity index is 578. The maximum Gasteiger partial charge on any atom is 0.246 e. The van der Waals surface area contributed by atoms with Gasteiger partial charge in [-0.25, -0.2) is 0 Å². The topological polar surface area (TPSA) is 48.0 Å². The molecule has 1 amide bonds. The van der Waals surface area contributed by atoms with Crippen LogP contribution in [0.4, 0.5) is 0 Å². The first-order valence-electron chi connectivity index (χ1n) is 9.22. The molecular formula is C20H27NO4. The monoisotopic (exact) mass is 345 g/mol. The number of rotatable bonds is 6. The van der Waals surface area contributed by atoms with Crippen molar-refractivity contribution in [2.24, 2.45) is 0 Å². The molecule has 2 heterocycles. The van der Waals surface area contributed by atoms with E-state index in [0.717, 1.165) is 50.1 Å². The van der Waals surface area contributed by atoms with Crippen molar-refractivity contribution in [2.45, 2.75) is 44.9 Å². The molecule has 1 unspecified atom stereocenters. The Hall–Kier alpha value is -1.85. The number of carbonyl (C=O) groups excluding carboxylic acids is 1. The molecule has 5 nitrogen and oxygen atoms in total. The number of piperidine rings is 1. The molecule has 0 aromatic heterocycles. The fraction of sp³-hybridized carbons (Fsp3) is 0.550. The van der Waals surface area contributed by atoms with Gasteiger partial charge < -0.3 is 19.1 Å². The molecule has 0 spiro atoms. The van der Waals surface area contributed by atoms with Crippen molar-refractivity contribution in [2.75, 3.05) is 26.4 Å². The van der Waals surface area contributed by atoms with Gasteiger partial charge in [0.2, 0.25) is 5.91 Å². The van der Waals surface area contributed by atoms with E-state index in [9.17, 15) is 4.79 Å². The van der Waals surface area contributed by atoms with Crippen LogP contribution in [0.3, 0.4) is 0 Å². The molecule has 136 valence electrons. The summed E-state index contributed by atoms with van der Waals surface area (Å²) >= 11 is 0. The number of amides is 1. The first-order valence-corrected chi connectivity index (χ1v) is 9.22. The Labute approximate surface area is 149 Å². The highest BCUT2D eigenvalue weighted by Gasteiger charge is 2.35. The van der Waals surface area contributed by atoms with E-state index in [4.69, 9.17) is 14.2 Å². The van der Waals surface area contributed by atoms with Crippen LogP contribution in [0.5, 0.6) is 5.75 Å². The van der Waals surface area contributed by atoms with Crippen LogP contribution in [0.2, 0.25) is 0 Å². The molecule has 0 N–H and O–H groups in total. The molecule has 3 rings (SSSR count). The van der Waals surface area contributed by atoms with Crippen molar-refractivity contribution in [3.63, 3.8) is 0 Å². The van der Waals surface area contributed by atoms with Crippen LogP contribution in [0.1, 0.15) is 38.2 Å². The molecule has 0 aliphatic carbocycles. The predicted molar refractivity (Wildman–Crippen MR) is 96.3 cm³/mol. The van der Waals surface area contributed by atoms with Gasteiger partial charge in [-0.2, -0.15) is 0 Å². The Morgan fingerprint density at radius 3 is 2.72 bits per heavy atom. The van der Waals surface area contributed by atoms with E-state index in [1.54, 1.807) is 6.08 Å². The molecule has 2 saturated heterocycles. The third kappa shape index (κ3) is 4.83. The van der Waals surface area contributed by atoms with Gasteiger partial charge in [0.15, 0.2) is 6.29 Å². The molecule has 0 saturated carbocycles. The molecular weight excluding hydrogens is 318 g/mol. The van der Waals surface area contributed by atoms with Crippen molar-refractivity contribution in [1.29, 1.82) is 0 Å². The quantitative estimate of drug-likeness (QED) is 0.743. The van der Waals surface area contributed by atoms with E-state index in [1.807, 2.05) is 35.2 Å². The molecule has 1 aromatic carbocycles. The highest BCUT2D eigenvalue weighted by molar-refractivity contribution is 5.92. The van der Waals surface area contributed by atoms with Crippen LogP contribution in [0.15, 0.2) is 30.3 Å². The average Bonchev–Trinajstić information content (AvgIpc) is 3.20. The number of hydrogen-bond donors (Lipinski definition) is 0. The summed E-state index contributed by atoms with van der Waals surface area (Å²) in [4.78, 5) is 14.5. The number of benzene rings is 1. The van der Waals surface area contributed by atoms with E-state index in [1.165, 1.54) is 0 Å². The highest BCUT2D eigenvalue weighted by Crippen LogP contribution is 2.25. The maximum atomic E-state index is 12.7. The molecule has 0 radical (unpaired) electrons. The Balaban J connectivity index is 1.60. The lowest BCUT2D eigenvalue weighted by Crippen LogP contribution is -2.49. The number of ether oxygens (including phenoxy) is 3. The van der Waals surface area contributed by atoms with Gasteiger partial charge in [-0.3, -0.25) is 4.79 Å². The van der Waals surface area contributed by atoms with Crippen LogP contribution in [0, 0.1) is 0 Å². The normalized spacial score (nSPS) is 21.8. The van der Waals surface area contributed by atoms with Gasteiger partial charge in [0.25, 0.3) is 0 Å². The molecule has 2 aliphatic rings. The van der Waals surface area contributed by atoms with Crippen molar-refractivity contribution in [3.8, 4) is 5.75 Å². The maximum absolute atomic E-state index is 12.7. The zero-order valence-electron chi connectivity index (χ0n) is 14.9. The highest BCUT2D eigenvalue weighted by atomic mass is 16.7. The van der Waals surface area contributed by atoms with Gasteiger partial charge in [0, 0.05) is 12.6 Å². The Morgan fingerprint density at radius 2 is 2.00 bits per heavy atom. The van der Waals surface area contributed by atoms with Crippen molar-refractivity contribution >= 4 is 12.0 Å². The van der Waals surface area contributed by atoms with Gasteiger partial charge >= 0.3 is 0 Å². The zero-order chi connectivity index (χ0) is 17.5. The second-order valence-corrected chi connectivity index (χ2v) is 6.46. The number of nitrogens with zero attached hydrogens (tertiary/aromatic N) is 1. The third-order valence-corrected chi connectivity index (χ3v) is 4.57. The lowest BCUT2D eigenvalue weighted by Gasteiger charge is -2.37. The van der Waals surface area contributed by atoms with Gasteiger partial charge in [-0.15, -0.1) is 0 Å². The molecule has 2 fully saturated rings. The summed E-state index contributed by atoms with van der Waals surface area (Å²) in [5, 5.41) is 0. The van der Waals surface area contributed by atoms with Gasteiger partial charge in [0.1, 0.15) is 5.75 Å². The Kier molecular flexibility index (Phi) is 6.48. The van der Waals surface area contributed by atoms with E-state index in [2.05, 4.69) is 6.92 Å². The first-order chi connectivity index (χ1) is 12.3. The molecule has 1 aromatic rings. The minimum Gasteiger partial charge on any atom is -0.494 e. The minimum atomic E-state index is -0.271. The van der Waals surface area contributed by atoms with Crippen molar-refractivity contribution in [1.82, 2.24) is 4.90 Å². The Morgan fingerprint density at radius 1 is 1.24 bits per heavy atom. The minimum absolute atomic E-state index is 0.0232. The number of hydrogen-bond acceptors (Lipinski definition) is 4. The second-order valence-electron chi connectivity index (χ2n) is 6.46. The van der Waals surface area contributed by atoms with Crippen LogP contribution in [0.25, 0.3) is 6.08 Å². The fourth-order valence-corrected chi connectivity index (χ4v) is 3.27. The van der Waals surface area contributed by atoms with E-state index < -0.39 is 0 Å². The smallest absolute Gasteiger partial charge is 0.246 e. The summed E-state index contributed by atoms with van der Waals surface area (Å²) < 4.78 is 16.8. The first kappa shape index (κ1) is 18.0. The SMILES string of the molecule is CCCOc1ccc(/C=C/C(=O)N2CCCCC2C2OCCO2)cc1. The van der Waals surface area contributed by atoms with Gasteiger partial charge in [-0.1, -0.05) is 19.1 Å². The van der Waals surface area contributed by atoms with E-state index in [0.29, 0.717) is 13.2 Å². The molecule has 1 atom stereocenters. The number of likely N-dealkylation sites (tertiary alicyclic amines) is 1. The zero-order valence-corrected chi connectivity index (χ0v) is 14.9. The number of carbonyl (C=O) groups is 1. The van der Waals surface area contributed by atoms with Crippen LogP contribution in [-0.4, -0.2) is 49.5 Å². The van der Waals surface area contributed by atoms with Crippen molar-refractivity contribution in [3.05, 3.63) is 35.9 Å². The van der Waals surface area contributed by atoms with E-state index >= 15 is 0 Å². The van der Waals surface area contributed by atoms with Crippen LogP contribution in [-0.2, 0) is 14.3 Å². The molecule has 25 heavy (non-hydrogen) atoms. The molecule has 2 aliphatic heterocycles. The summed E-state index contributed by atoms with van der Waals surface area (Å²) in [7, 11) is 0. The van der Waals surface area contributed by atoms with E-state index in [-0.39, 0.29) is 18.2 Å². The fourth-order valence-electron chi connectivity index (χ4n) is 3.27. The second kappa shape index (κ2) is 9.02. The van der Waals surface area contributed by atoms with Crippen molar-refractivity contribution < 1.29 is 19.0 Å². The predicted octanol–water partition coefficient (Wildman–Crippen LogP) is 3.24. The van der Waals surface area contributed by atoms with Crippen LogP contribution >= 0.6 is 0 Å². The van der Waals surface area contributed by atoms with Crippen LogP contribution < -0.4 is 4.74 Å². The summed E-state index contributed by atoms with van der Waals surface area (Å²) in [5.74, 6) is 0.882. The largest absolute Gasteiger partial charge is 0.494 e. The average molecular weight is 345 g/mol. The van der Waals surface area contributed by atoms with Gasteiger partial charge in [0.05, 0.1) is 25.9 Å². The third-order valence-electron chi connectivity index (χ3n) is 4.57. The summed E-state index contributed by atoms with van der Waals surface area (Å²) in [5.41, 5.74) is 0.985. The lowest BCUT2D eigenvalue weighted by atomic mass is 10.0. The standard InChI is InChI=1S/C20H27NO4/c1-2-13-23-17-9-6-16(7-10-17)8-11-19(22)21-12-4-3-5-18(21)20-24-14-15-25-20/h6-11,18,20H,2-5,12-15H2,1H3/b11-8+. The summed E-state index contributed by atoms with van der Waals surface area (Å²) in [6, 6.07) is 7.82. The van der Waals surface area contributed by atoms with Gasteiger partial charge in [-0.05, 0) is 49.5 Å². The lowest BCUT2D eigenvalue weighted by molar-refractivity contribution is -0.145. The molecule has 5 heteroatoms.